The van der Waals surface area contributed by atoms with Gasteiger partial charge in [-0.05, 0) is 25.1 Å². The quantitative estimate of drug-likeness (QED) is 0.689. The molecule has 0 bridgehead atoms. The van der Waals surface area contributed by atoms with Crippen molar-refractivity contribution in [2.24, 2.45) is 0 Å². The largest absolute Gasteiger partial charge is 0.504 e. The smallest absolute Gasteiger partial charge is 0.176 e. The normalized spacial score (nSPS) is 20.1. The van der Waals surface area contributed by atoms with Crippen LogP contribution >= 0.6 is 0 Å². The lowest BCUT2D eigenvalue weighted by Crippen LogP contribution is -2.08. The molecule has 1 unspecified atom stereocenters. The monoisotopic (exact) mass is 243 g/mol. The molecule has 3 heterocycles. The summed E-state index contributed by atoms with van der Waals surface area (Å²) in [6, 6.07) is 3.70. The Bertz CT molecular complexity index is 667. The summed E-state index contributed by atoms with van der Waals surface area (Å²) in [6.45, 7) is 1.97. The molecule has 0 spiro atoms. The number of phenolic OH excluding ortho intramolecular Hbond substituents is 1. The van der Waals surface area contributed by atoms with Crippen LogP contribution in [0.5, 0.6) is 5.75 Å². The predicted molar refractivity (Wildman–Crippen MR) is 67.9 cm³/mol. The van der Waals surface area contributed by atoms with Crippen LogP contribution in [0.1, 0.15) is 17.9 Å². The average molecular weight is 243 g/mol. The highest BCUT2D eigenvalue weighted by molar-refractivity contribution is 6.04. The first-order valence-electron chi connectivity index (χ1n) is 6.16. The number of furan rings is 2. The molecular weight excluding hydrogens is 230 g/mol. The van der Waals surface area contributed by atoms with Crippen molar-refractivity contribution in [3.63, 3.8) is 0 Å². The molecule has 18 heavy (non-hydrogen) atoms. The van der Waals surface area contributed by atoms with Crippen LogP contribution < -0.4 is 5.32 Å². The summed E-state index contributed by atoms with van der Waals surface area (Å²) in [6.07, 6.45) is 4.32. The Hall–Kier alpha value is -1.94. The van der Waals surface area contributed by atoms with E-state index in [1.165, 1.54) is 0 Å². The second kappa shape index (κ2) is 3.53. The van der Waals surface area contributed by atoms with E-state index in [4.69, 9.17) is 8.83 Å². The van der Waals surface area contributed by atoms with Crippen molar-refractivity contribution in [3.8, 4) is 5.75 Å². The molecule has 0 amide bonds. The summed E-state index contributed by atoms with van der Waals surface area (Å²) in [4.78, 5) is 0. The Morgan fingerprint density at radius 2 is 1.89 bits per heavy atom. The van der Waals surface area contributed by atoms with Crippen molar-refractivity contribution in [1.82, 2.24) is 5.32 Å². The van der Waals surface area contributed by atoms with E-state index in [1.54, 1.807) is 18.6 Å². The van der Waals surface area contributed by atoms with Crippen LogP contribution in [0.3, 0.4) is 0 Å². The van der Waals surface area contributed by atoms with Crippen LogP contribution in [0.25, 0.3) is 21.9 Å². The molecule has 3 aromatic rings. The number of aromatic hydroxyl groups is 1. The van der Waals surface area contributed by atoms with Gasteiger partial charge in [0.2, 0.25) is 0 Å². The molecule has 0 saturated carbocycles. The molecule has 92 valence electrons. The van der Waals surface area contributed by atoms with Crippen LogP contribution in [-0.4, -0.2) is 18.2 Å². The number of hydrogen-bond acceptors (Lipinski definition) is 4. The van der Waals surface area contributed by atoms with E-state index in [0.717, 1.165) is 41.4 Å². The van der Waals surface area contributed by atoms with Gasteiger partial charge in [0.15, 0.2) is 11.3 Å². The van der Waals surface area contributed by atoms with E-state index in [9.17, 15) is 5.11 Å². The van der Waals surface area contributed by atoms with E-state index in [0.29, 0.717) is 11.5 Å². The van der Waals surface area contributed by atoms with Crippen molar-refractivity contribution in [1.29, 1.82) is 0 Å². The van der Waals surface area contributed by atoms with Crippen LogP contribution in [0.4, 0.5) is 0 Å². The Balaban J connectivity index is 2.14. The lowest BCUT2D eigenvalue weighted by Gasteiger charge is -2.11. The van der Waals surface area contributed by atoms with Crippen LogP contribution in [0.2, 0.25) is 0 Å². The topological polar surface area (TPSA) is 58.5 Å². The first-order chi connectivity index (χ1) is 8.86. The second-order valence-electron chi connectivity index (χ2n) is 4.78. The SMILES string of the molecule is Oc1c2ccoc2c(C2CCNC2)c2ccoc12. The average Bonchev–Trinajstić information content (AvgIpc) is 3.11. The Morgan fingerprint density at radius 3 is 2.67 bits per heavy atom. The molecule has 1 aliphatic heterocycles. The standard InChI is InChI=1S/C14H13NO3/c16-12-10-3-6-17-13(10)11(8-1-4-15-7-8)9-2-5-18-14(9)12/h2-3,5-6,8,15-16H,1,4,7H2. The zero-order chi connectivity index (χ0) is 12.1. The van der Waals surface area contributed by atoms with Crippen molar-refractivity contribution in [2.75, 3.05) is 13.1 Å². The van der Waals surface area contributed by atoms with E-state index in [-0.39, 0.29) is 5.75 Å². The first-order valence-corrected chi connectivity index (χ1v) is 6.16. The number of benzene rings is 1. The fourth-order valence-electron chi connectivity index (χ4n) is 2.96. The second-order valence-corrected chi connectivity index (χ2v) is 4.78. The number of hydrogen-bond donors (Lipinski definition) is 2. The van der Waals surface area contributed by atoms with Crippen LogP contribution in [0.15, 0.2) is 33.5 Å². The highest BCUT2D eigenvalue weighted by atomic mass is 16.4. The molecule has 2 aromatic heterocycles. The Morgan fingerprint density at radius 1 is 1.11 bits per heavy atom. The number of rotatable bonds is 1. The summed E-state index contributed by atoms with van der Waals surface area (Å²) >= 11 is 0. The van der Waals surface area contributed by atoms with Gasteiger partial charge >= 0.3 is 0 Å². The summed E-state index contributed by atoms with van der Waals surface area (Å²) in [5.74, 6) is 0.591. The zero-order valence-electron chi connectivity index (χ0n) is 9.77. The maximum absolute atomic E-state index is 10.2. The molecule has 0 radical (unpaired) electrons. The van der Waals surface area contributed by atoms with Crippen molar-refractivity contribution in [3.05, 3.63) is 30.2 Å². The highest BCUT2D eigenvalue weighted by Gasteiger charge is 2.26. The van der Waals surface area contributed by atoms with Crippen molar-refractivity contribution < 1.29 is 13.9 Å². The molecule has 4 heteroatoms. The van der Waals surface area contributed by atoms with Gasteiger partial charge in [0.1, 0.15) is 5.58 Å². The van der Waals surface area contributed by atoms with Gasteiger partial charge in [-0.1, -0.05) is 0 Å². The molecule has 1 atom stereocenters. The van der Waals surface area contributed by atoms with Gasteiger partial charge in [0, 0.05) is 23.4 Å². The zero-order valence-corrected chi connectivity index (χ0v) is 9.77. The lowest BCUT2D eigenvalue weighted by atomic mass is 9.93. The highest BCUT2D eigenvalue weighted by Crippen LogP contribution is 2.42. The fraction of sp³-hybridized carbons (Fsp3) is 0.286. The molecule has 1 aliphatic rings. The minimum Gasteiger partial charge on any atom is -0.504 e. The maximum atomic E-state index is 10.2. The molecule has 2 N–H and O–H groups in total. The number of nitrogens with one attached hydrogen (secondary N) is 1. The Kier molecular flexibility index (Phi) is 1.96. The van der Waals surface area contributed by atoms with E-state index >= 15 is 0 Å². The van der Waals surface area contributed by atoms with Gasteiger partial charge in [-0.2, -0.15) is 0 Å². The molecule has 0 aliphatic carbocycles. The minimum atomic E-state index is 0.174. The Labute approximate surface area is 103 Å². The summed E-state index contributed by atoms with van der Waals surface area (Å²) in [5, 5.41) is 15.2. The molecule has 4 nitrogen and oxygen atoms in total. The van der Waals surface area contributed by atoms with Gasteiger partial charge in [-0.25, -0.2) is 0 Å². The molecule has 1 aromatic carbocycles. The van der Waals surface area contributed by atoms with Gasteiger partial charge < -0.3 is 19.3 Å². The fourth-order valence-corrected chi connectivity index (χ4v) is 2.96. The first kappa shape index (κ1) is 10.0. The van der Waals surface area contributed by atoms with Gasteiger partial charge in [0.05, 0.1) is 17.9 Å². The third-order valence-corrected chi connectivity index (χ3v) is 3.80. The summed E-state index contributed by atoms with van der Waals surface area (Å²) in [5.41, 5.74) is 2.50. The van der Waals surface area contributed by atoms with E-state index in [1.807, 2.05) is 6.07 Å². The summed E-state index contributed by atoms with van der Waals surface area (Å²) in [7, 11) is 0. The third-order valence-electron chi connectivity index (χ3n) is 3.80. The van der Waals surface area contributed by atoms with Crippen molar-refractivity contribution >= 4 is 21.9 Å². The van der Waals surface area contributed by atoms with Crippen LogP contribution in [0, 0.1) is 0 Å². The lowest BCUT2D eigenvalue weighted by molar-refractivity contribution is 0.470. The van der Waals surface area contributed by atoms with E-state index < -0.39 is 0 Å². The van der Waals surface area contributed by atoms with Crippen molar-refractivity contribution in [2.45, 2.75) is 12.3 Å². The maximum Gasteiger partial charge on any atom is 0.176 e. The number of phenols is 1. The van der Waals surface area contributed by atoms with Gasteiger partial charge in [-0.15, -0.1) is 0 Å². The summed E-state index contributed by atoms with van der Waals surface area (Å²) < 4.78 is 11.0. The van der Waals surface area contributed by atoms with Crippen LogP contribution in [-0.2, 0) is 0 Å². The molecule has 4 rings (SSSR count). The third kappa shape index (κ3) is 1.18. The molecular formula is C14H13NO3. The van der Waals surface area contributed by atoms with E-state index in [2.05, 4.69) is 5.32 Å². The predicted octanol–water partition coefficient (Wildman–Crippen LogP) is 2.96. The van der Waals surface area contributed by atoms with Gasteiger partial charge in [0.25, 0.3) is 0 Å². The molecule has 1 saturated heterocycles. The minimum absolute atomic E-state index is 0.174. The molecule has 1 fully saturated rings. The van der Waals surface area contributed by atoms with Gasteiger partial charge in [-0.3, -0.25) is 0 Å². The number of fused-ring (bicyclic) bond motifs is 2.